The average molecular weight is 349 g/mol. The molecule has 1 aromatic carbocycles. The molecule has 0 unspecified atom stereocenters. The quantitative estimate of drug-likeness (QED) is 0.877. The van der Waals surface area contributed by atoms with Gasteiger partial charge in [0.05, 0.1) is 6.04 Å². The second-order valence-electron chi connectivity index (χ2n) is 7.65. The highest BCUT2D eigenvalue weighted by atomic mass is 19.1. The third-order valence-corrected chi connectivity index (χ3v) is 4.50. The zero-order valence-electron chi connectivity index (χ0n) is 15.4. The van der Waals surface area contributed by atoms with Crippen molar-refractivity contribution in [1.29, 1.82) is 0 Å². The second-order valence-corrected chi connectivity index (χ2v) is 7.65. The van der Waals surface area contributed by atoms with Gasteiger partial charge in [0.15, 0.2) is 0 Å². The van der Waals surface area contributed by atoms with Gasteiger partial charge in [-0.1, -0.05) is 39.8 Å². The highest BCUT2D eigenvalue weighted by Crippen LogP contribution is 2.32. The van der Waals surface area contributed by atoms with E-state index in [0.717, 1.165) is 12.0 Å². The van der Waals surface area contributed by atoms with Crippen LogP contribution in [0.3, 0.4) is 0 Å². The Balaban J connectivity index is 2.00. The van der Waals surface area contributed by atoms with Crippen molar-refractivity contribution >= 4 is 11.9 Å². The first-order valence-electron chi connectivity index (χ1n) is 8.81. The standard InChI is InChI=1S/C19H28FN3O2/c1-5-16(24)23-10-9-15(12-23)21-18(25)22-17(19(2,3)4)13-7-6-8-14(20)11-13/h6-8,11,15,17H,5,9-10,12H2,1-4H3,(H2,21,22,25)/t15-,17+/m0/s1. The van der Waals surface area contributed by atoms with Crippen LogP contribution in [0.15, 0.2) is 24.3 Å². The molecule has 3 amide bonds. The van der Waals surface area contributed by atoms with Crippen molar-refractivity contribution < 1.29 is 14.0 Å². The number of hydrogen-bond acceptors (Lipinski definition) is 2. The topological polar surface area (TPSA) is 61.4 Å². The van der Waals surface area contributed by atoms with Crippen LogP contribution in [-0.2, 0) is 4.79 Å². The van der Waals surface area contributed by atoms with Crippen molar-refractivity contribution in [3.05, 3.63) is 35.6 Å². The van der Waals surface area contributed by atoms with E-state index in [2.05, 4.69) is 10.6 Å². The molecule has 6 heteroatoms. The Hall–Kier alpha value is -2.11. The fourth-order valence-electron chi connectivity index (χ4n) is 3.17. The van der Waals surface area contributed by atoms with Gasteiger partial charge in [-0.05, 0) is 29.5 Å². The van der Waals surface area contributed by atoms with Gasteiger partial charge in [0.2, 0.25) is 5.91 Å². The summed E-state index contributed by atoms with van der Waals surface area (Å²) in [4.78, 5) is 26.0. The van der Waals surface area contributed by atoms with E-state index in [1.165, 1.54) is 12.1 Å². The third kappa shape index (κ3) is 5.18. The van der Waals surface area contributed by atoms with E-state index in [0.29, 0.717) is 19.5 Å². The molecule has 2 atom stereocenters. The first-order chi connectivity index (χ1) is 11.7. The van der Waals surface area contributed by atoms with E-state index in [9.17, 15) is 14.0 Å². The lowest BCUT2D eigenvalue weighted by molar-refractivity contribution is -0.129. The van der Waals surface area contributed by atoms with Crippen LogP contribution >= 0.6 is 0 Å². The highest BCUT2D eigenvalue weighted by Gasteiger charge is 2.30. The molecule has 25 heavy (non-hydrogen) atoms. The zero-order valence-corrected chi connectivity index (χ0v) is 15.4. The largest absolute Gasteiger partial charge is 0.341 e. The van der Waals surface area contributed by atoms with Gasteiger partial charge < -0.3 is 15.5 Å². The molecule has 1 saturated heterocycles. The van der Waals surface area contributed by atoms with Crippen molar-refractivity contribution in [2.24, 2.45) is 5.41 Å². The van der Waals surface area contributed by atoms with Crippen molar-refractivity contribution in [2.75, 3.05) is 13.1 Å². The van der Waals surface area contributed by atoms with Gasteiger partial charge in [-0.3, -0.25) is 4.79 Å². The number of urea groups is 1. The smallest absolute Gasteiger partial charge is 0.315 e. The summed E-state index contributed by atoms with van der Waals surface area (Å²) in [7, 11) is 0. The van der Waals surface area contributed by atoms with Crippen molar-refractivity contribution in [2.45, 2.75) is 52.6 Å². The maximum absolute atomic E-state index is 13.6. The number of benzene rings is 1. The van der Waals surface area contributed by atoms with Gasteiger partial charge in [-0.15, -0.1) is 0 Å². The van der Waals surface area contributed by atoms with E-state index in [1.807, 2.05) is 33.8 Å². The average Bonchev–Trinajstić information content (AvgIpc) is 2.99. The SMILES string of the molecule is CCC(=O)N1CC[C@H](NC(=O)N[C@H](c2cccc(F)c2)C(C)(C)C)C1. The Morgan fingerprint density at radius 3 is 2.68 bits per heavy atom. The van der Waals surface area contributed by atoms with Gasteiger partial charge in [0, 0.05) is 25.6 Å². The second kappa shape index (κ2) is 7.85. The van der Waals surface area contributed by atoms with Crippen LogP contribution in [0.5, 0.6) is 0 Å². The summed E-state index contributed by atoms with van der Waals surface area (Å²) in [6, 6.07) is 5.64. The Morgan fingerprint density at radius 1 is 1.36 bits per heavy atom. The molecule has 138 valence electrons. The molecule has 1 aliphatic rings. The lowest BCUT2D eigenvalue weighted by Gasteiger charge is -2.32. The fraction of sp³-hybridized carbons (Fsp3) is 0.579. The van der Waals surface area contributed by atoms with Gasteiger partial charge >= 0.3 is 6.03 Å². The van der Waals surface area contributed by atoms with Crippen molar-refractivity contribution in [3.63, 3.8) is 0 Å². The molecule has 0 aliphatic carbocycles. The van der Waals surface area contributed by atoms with Gasteiger partial charge in [-0.25, -0.2) is 9.18 Å². The molecule has 0 spiro atoms. The van der Waals surface area contributed by atoms with Crippen LogP contribution < -0.4 is 10.6 Å². The molecule has 2 N–H and O–H groups in total. The summed E-state index contributed by atoms with van der Waals surface area (Å²) < 4.78 is 13.6. The summed E-state index contributed by atoms with van der Waals surface area (Å²) in [5, 5.41) is 5.90. The van der Waals surface area contributed by atoms with Crippen LogP contribution in [0.25, 0.3) is 0 Å². The lowest BCUT2D eigenvalue weighted by atomic mass is 9.82. The fourth-order valence-corrected chi connectivity index (χ4v) is 3.17. The van der Waals surface area contributed by atoms with E-state index >= 15 is 0 Å². The molecule has 5 nitrogen and oxygen atoms in total. The predicted molar refractivity (Wildman–Crippen MR) is 95.5 cm³/mol. The van der Waals surface area contributed by atoms with Gasteiger partial charge in [0.25, 0.3) is 0 Å². The number of rotatable bonds is 4. The molecular weight excluding hydrogens is 321 g/mol. The van der Waals surface area contributed by atoms with Crippen LogP contribution in [0.4, 0.5) is 9.18 Å². The number of carbonyl (C=O) groups excluding carboxylic acids is 2. The van der Waals surface area contributed by atoms with Gasteiger partial charge in [-0.2, -0.15) is 0 Å². The minimum Gasteiger partial charge on any atom is -0.341 e. The maximum atomic E-state index is 13.6. The number of hydrogen-bond donors (Lipinski definition) is 2. The molecule has 0 radical (unpaired) electrons. The minimum atomic E-state index is -0.321. The summed E-state index contributed by atoms with van der Waals surface area (Å²) in [6.45, 7) is 9.05. The maximum Gasteiger partial charge on any atom is 0.315 e. The normalized spacial score (nSPS) is 18.8. The molecule has 2 rings (SSSR count). The van der Waals surface area contributed by atoms with E-state index < -0.39 is 0 Å². The summed E-state index contributed by atoms with van der Waals surface area (Å²) in [5.41, 5.74) is 0.460. The number of likely N-dealkylation sites (tertiary alicyclic amines) is 1. The van der Waals surface area contributed by atoms with E-state index in [-0.39, 0.29) is 35.3 Å². The highest BCUT2D eigenvalue weighted by molar-refractivity contribution is 5.77. The van der Waals surface area contributed by atoms with Crippen LogP contribution in [0.2, 0.25) is 0 Å². The van der Waals surface area contributed by atoms with Crippen LogP contribution in [0, 0.1) is 11.2 Å². The molecule has 0 saturated carbocycles. The molecule has 1 heterocycles. The Bertz CT molecular complexity index is 627. The molecule has 1 fully saturated rings. The van der Waals surface area contributed by atoms with Crippen molar-refractivity contribution in [1.82, 2.24) is 15.5 Å². The first-order valence-corrected chi connectivity index (χ1v) is 8.81. The first kappa shape index (κ1) is 19.2. The Morgan fingerprint density at radius 2 is 2.08 bits per heavy atom. The molecular formula is C19H28FN3O2. The zero-order chi connectivity index (χ0) is 18.6. The summed E-state index contributed by atoms with van der Waals surface area (Å²) >= 11 is 0. The lowest BCUT2D eigenvalue weighted by Crippen LogP contribution is -2.47. The Kier molecular flexibility index (Phi) is 6.03. The number of carbonyl (C=O) groups is 2. The molecule has 0 bridgehead atoms. The van der Waals surface area contributed by atoms with E-state index in [1.54, 1.807) is 11.0 Å². The number of nitrogens with one attached hydrogen (secondary N) is 2. The number of nitrogens with zero attached hydrogens (tertiary/aromatic N) is 1. The Labute approximate surface area is 149 Å². The summed E-state index contributed by atoms with van der Waals surface area (Å²) in [5.74, 6) is -0.212. The monoisotopic (exact) mass is 349 g/mol. The predicted octanol–water partition coefficient (Wildman–Crippen LogP) is 3.22. The molecule has 0 aromatic heterocycles. The third-order valence-electron chi connectivity index (χ3n) is 4.50. The van der Waals surface area contributed by atoms with E-state index in [4.69, 9.17) is 0 Å². The van der Waals surface area contributed by atoms with Crippen molar-refractivity contribution in [3.8, 4) is 0 Å². The summed E-state index contributed by atoms with van der Waals surface area (Å²) in [6.07, 6.45) is 1.23. The molecule has 1 aliphatic heterocycles. The number of amides is 3. The van der Waals surface area contributed by atoms with Gasteiger partial charge in [0.1, 0.15) is 5.82 Å². The van der Waals surface area contributed by atoms with Crippen LogP contribution in [-0.4, -0.2) is 36.0 Å². The number of halogens is 1. The van der Waals surface area contributed by atoms with Crippen LogP contribution in [0.1, 0.15) is 52.1 Å². The minimum absolute atomic E-state index is 0.0522. The molecule has 1 aromatic rings.